The van der Waals surface area contributed by atoms with Gasteiger partial charge in [-0.05, 0) is 6.92 Å². The summed E-state index contributed by atoms with van der Waals surface area (Å²) in [6.45, 7) is 1.83. The highest BCUT2D eigenvalue weighted by Crippen LogP contribution is 2.18. The van der Waals surface area contributed by atoms with Crippen molar-refractivity contribution in [1.82, 2.24) is 0 Å². The highest BCUT2D eigenvalue weighted by molar-refractivity contribution is 6.18. The number of carbonyl (C=O) groups excluding carboxylic acids is 1. The molecule has 1 aliphatic rings. The van der Waals surface area contributed by atoms with Crippen LogP contribution in [0.25, 0.3) is 0 Å². The molecule has 10 heavy (non-hydrogen) atoms. The van der Waals surface area contributed by atoms with Gasteiger partial charge in [0.25, 0.3) is 0 Å². The van der Waals surface area contributed by atoms with E-state index in [9.17, 15) is 4.79 Å². The lowest BCUT2D eigenvalue weighted by Gasteiger charge is -2.05. The van der Waals surface area contributed by atoms with Crippen LogP contribution in [0.2, 0.25) is 0 Å². The number of halogens is 1. The van der Waals surface area contributed by atoms with Crippen molar-refractivity contribution in [2.24, 2.45) is 0 Å². The number of hydrogen-bond donors (Lipinski definition) is 0. The molecule has 58 valence electrons. The molecule has 4 heteroatoms. The molecule has 0 saturated carbocycles. The van der Waals surface area contributed by atoms with Crippen LogP contribution < -0.4 is 0 Å². The van der Waals surface area contributed by atoms with E-state index in [1.807, 2.05) is 6.92 Å². The summed E-state index contributed by atoms with van der Waals surface area (Å²) in [7, 11) is 0. The second-order valence-electron chi connectivity index (χ2n) is 2.17. The van der Waals surface area contributed by atoms with Crippen molar-refractivity contribution in [3.63, 3.8) is 0 Å². The van der Waals surface area contributed by atoms with E-state index in [4.69, 9.17) is 21.1 Å². The highest BCUT2D eigenvalue weighted by atomic mass is 35.5. The second-order valence-corrected chi connectivity index (χ2v) is 2.48. The second kappa shape index (κ2) is 3.32. The normalized spacial score (nSPS) is 40.0. The largest absolute Gasteiger partial charge is 0.340 e. The maximum Gasteiger partial charge on any atom is 0.215 e. The summed E-state index contributed by atoms with van der Waals surface area (Å²) < 4.78 is 10.1. The Hall–Kier alpha value is -0.120. The Morgan fingerprint density at radius 2 is 2.30 bits per heavy atom. The highest BCUT2D eigenvalue weighted by Gasteiger charge is 2.31. The number of rotatable bonds is 2. The number of hydrogen-bond acceptors (Lipinski definition) is 3. The van der Waals surface area contributed by atoms with Gasteiger partial charge in [0.2, 0.25) is 6.29 Å². The Labute approximate surface area is 64.3 Å². The monoisotopic (exact) mass is 164 g/mol. The quantitative estimate of drug-likeness (QED) is 0.442. The molecule has 1 heterocycles. The van der Waals surface area contributed by atoms with Gasteiger partial charge in [-0.25, -0.2) is 0 Å². The maximum atomic E-state index is 10.1. The summed E-state index contributed by atoms with van der Waals surface area (Å²) in [5.74, 6) is 0.367. The van der Waals surface area contributed by atoms with E-state index in [-0.39, 0.29) is 12.2 Å². The Morgan fingerprint density at radius 3 is 2.60 bits per heavy atom. The summed E-state index contributed by atoms with van der Waals surface area (Å²) in [5, 5.41) is 0. The van der Waals surface area contributed by atoms with Crippen LogP contribution in [0.15, 0.2) is 0 Å². The van der Waals surface area contributed by atoms with Gasteiger partial charge in [0, 0.05) is 0 Å². The first kappa shape index (κ1) is 7.98. The van der Waals surface area contributed by atoms with E-state index < -0.39 is 6.29 Å². The average Bonchev–Trinajstić information content (AvgIpc) is 2.30. The van der Waals surface area contributed by atoms with E-state index in [2.05, 4.69) is 0 Å². The van der Waals surface area contributed by atoms with E-state index in [0.717, 1.165) is 0 Å². The molecular formula is C6H9ClO3. The predicted molar refractivity (Wildman–Crippen MR) is 36.0 cm³/mol. The van der Waals surface area contributed by atoms with Crippen LogP contribution in [0.5, 0.6) is 0 Å². The van der Waals surface area contributed by atoms with Crippen LogP contribution in [0, 0.1) is 0 Å². The predicted octanol–water partition coefficient (Wildman–Crippen LogP) is 0.554. The molecule has 0 aliphatic carbocycles. The molecular weight excluding hydrogens is 156 g/mol. The molecule has 1 saturated heterocycles. The van der Waals surface area contributed by atoms with Gasteiger partial charge in [0.1, 0.15) is 6.10 Å². The lowest BCUT2D eigenvalue weighted by atomic mass is 10.3. The van der Waals surface area contributed by atoms with Gasteiger partial charge in [-0.15, -0.1) is 11.6 Å². The zero-order chi connectivity index (χ0) is 7.56. The van der Waals surface area contributed by atoms with Crippen molar-refractivity contribution >= 4 is 17.9 Å². The molecule has 3 atom stereocenters. The van der Waals surface area contributed by atoms with Crippen molar-refractivity contribution in [2.75, 3.05) is 5.88 Å². The minimum absolute atomic E-state index is 0.0762. The van der Waals surface area contributed by atoms with Gasteiger partial charge >= 0.3 is 0 Å². The van der Waals surface area contributed by atoms with Crippen LogP contribution in [0.4, 0.5) is 0 Å². The molecule has 0 aromatic rings. The first-order valence-electron chi connectivity index (χ1n) is 3.10. The molecule has 1 fully saturated rings. The maximum absolute atomic E-state index is 10.1. The number of alkyl halides is 1. The molecule has 3 nitrogen and oxygen atoms in total. The first-order valence-corrected chi connectivity index (χ1v) is 3.63. The third-order valence-electron chi connectivity index (χ3n) is 1.44. The van der Waals surface area contributed by atoms with Crippen molar-refractivity contribution in [3.8, 4) is 0 Å². The minimum atomic E-state index is -0.709. The van der Waals surface area contributed by atoms with Crippen LogP contribution in [0.1, 0.15) is 6.92 Å². The summed E-state index contributed by atoms with van der Waals surface area (Å²) in [6.07, 6.45) is -0.299. The first-order chi connectivity index (χ1) is 4.77. The fraction of sp³-hybridized carbons (Fsp3) is 0.833. The third-order valence-corrected chi connectivity index (χ3v) is 1.75. The molecule has 0 aromatic heterocycles. The van der Waals surface area contributed by atoms with Crippen LogP contribution in [-0.4, -0.2) is 30.7 Å². The minimum Gasteiger partial charge on any atom is -0.340 e. The van der Waals surface area contributed by atoms with Crippen LogP contribution in [0.3, 0.4) is 0 Å². The van der Waals surface area contributed by atoms with Gasteiger partial charge in [-0.1, -0.05) is 0 Å². The molecule has 0 spiro atoms. The Bertz CT molecular complexity index is 128. The zero-order valence-corrected chi connectivity index (χ0v) is 6.38. The van der Waals surface area contributed by atoms with Crippen LogP contribution in [-0.2, 0) is 14.3 Å². The standard InChI is InChI=1S/C6H9ClO3/c1-4-5(2-7)10-6(3-8)9-4/h3-6H,2H2,1H3. The summed E-state index contributed by atoms with van der Waals surface area (Å²) in [5.41, 5.74) is 0. The SMILES string of the molecule is CC1OC(C=O)OC1CCl. The third kappa shape index (κ3) is 1.48. The zero-order valence-electron chi connectivity index (χ0n) is 5.62. The molecule has 0 bridgehead atoms. The Balaban J connectivity index is 2.43. The van der Waals surface area contributed by atoms with Crippen molar-refractivity contribution in [3.05, 3.63) is 0 Å². The summed E-state index contributed by atoms with van der Waals surface area (Å²) in [6, 6.07) is 0. The summed E-state index contributed by atoms with van der Waals surface area (Å²) in [4.78, 5) is 10.1. The Kier molecular flexibility index (Phi) is 2.65. The van der Waals surface area contributed by atoms with Gasteiger partial charge in [-0.3, -0.25) is 4.79 Å². The van der Waals surface area contributed by atoms with Crippen molar-refractivity contribution in [1.29, 1.82) is 0 Å². The van der Waals surface area contributed by atoms with Crippen molar-refractivity contribution in [2.45, 2.75) is 25.4 Å². The molecule has 0 N–H and O–H groups in total. The molecule has 0 amide bonds. The van der Waals surface area contributed by atoms with E-state index in [0.29, 0.717) is 12.2 Å². The van der Waals surface area contributed by atoms with E-state index >= 15 is 0 Å². The van der Waals surface area contributed by atoms with Gasteiger partial charge in [-0.2, -0.15) is 0 Å². The molecule has 1 rings (SSSR count). The summed E-state index contributed by atoms with van der Waals surface area (Å²) >= 11 is 5.50. The fourth-order valence-electron chi connectivity index (χ4n) is 0.840. The molecule has 0 aromatic carbocycles. The van der Waals surface area contributed by atoms with E-state index in [1.165, 1.54) is 0 Å². The average molecular weight is 165 g/mol. The lowest BCUT2D eigenvalue weighted by Crippen LogP contribution is -2.20. The van der Waals surface area contributed by atoms with Gasteiger partial charge < -0.3 is 9.47 Å². The topological polar surface area (TPSA) is 35.5 Å². The van der Waals surface area contributed by atoms with Gasteiger partial charge in [0.05, 0.1) is 12.0 Å². The van der Waals surface area contributed by atoms with Crippen LogP contribution >= 0.6 is 11.6 Å². The lowest BCUT2D eigenvalue weighted by molar-refractivity contribution is -0.133. The van der Waals surface area contributed by atoms with Crippen molar-refractivity contribution < 1.29 is 14.3 Å². The Morgan fingerprint density at radius 1 is 1.60 bits per heavy atom. The number of aldehydes is 1. The van der Waals surface area contributed by atoms with Gasteiger partial charge in [0.15, 0.2) is 6.29 Å². The molecule has 3 unspecified atom stereocenters. The molecule has 1 aliphatic heterocycles. The fourth-order valence-corrected chi connectivity index (χ4v) is 1.16. The smallest absolute Gasteiger partial charge is 0.215 e. The number of carbonyl (C=O) groups is 1. The number of ether oxygens (including phenoxy) is 2. The van der Waals surface area contributed by atoms with E-state index in [1.54, 1.807) is 0 Å². The molecule has 0 radical (unpaired) electrons.